The minimum absolute atomic E-state index is 0.266. The molecule has 42 heavy (non-hydrogen) atoms. The van der Waals surface area contributed by atoms with Gasteiger partial charge in [-0.25, -0.2) is 15.0 Å². The predicted molar refractivity (Wildman–Crippen MR) is 154 cm³/mol. The first-order valence-corrected chi connectivity index (χ1v) is 13.4. The van der Waals surface area contributed by atoms with Crippen LogP contribution in [0.25, 0.3) is 21.9 Å². The number of hydrogen-bond acceptors (Lipinski definition) is 10. The number of carbonyl (C=O) groups is 1. The lowest BCUT2D eigenvalue weighted by Crippen LogP contribution is -2.46. The largest absolute Gasteiger partial charge is 0.497 e. The molecule has 0 spiro atoms. The zero-order valence-electron chi connectivity index (χ0n) is 23.0. The summed E-state index contributed by atoms with van der Waals surface area (Å²) in [5.74, 6) is 0.912. The van der Waals surface area contributed by atoms with E-state index in [0.29, 0.717) is 35.0 Å². The van der Waals surface area contributed by atoms with Gasteiger partial charge in [0.1, 0.15) is 36.1 Å². The van der Waals surface area contributed by atoms with Gasteiger partial charge in [0, 0.05) is 18.2 Å². The summed E-state index contributed by atoms with van der Waals surface area (Å²) in [6, 6.07) is 18.1. The average molecular weight is 571 g/mol. The van der Waals surface area contributed by atoms with Gasteiger partial charge in [-0.3, -0.25) is 9.36 Å². The Morgan fingerprint density at radius 3 is 2.55 bits per heavy atom. The molecule has 12 nitrogen and oxygen atoms in total. The second-order valence-corrected chi connectivity index (χ2v) is 9.88. The fraction of sp³-hybridized carbons (Fsp3) is 0.267. The number of fused-ring (bicyclic) bond motifs is 2. The number of aliphatic hydroxyl groups is 2. The third-order valence-electron chi connectivity index (χ3n) is 7.42. The van der Waals surface area contributed by atoms with E-state index in [-0.39, 0.29) is 5.56 Å². The first kappa shape index (κ1) is 27.4. The number of nitrogens with zero attached hydrogens (tertiary/aromatic N) is 4. The maximum absolute atomic E-state index is 13.3. The van der Waals surface area contributed by atoms with Crippen LogP contribution in [0.4, 0.5) is 5.82 Å². The van der Waals surface area contributed by atoms with Gasteiger partial charge < -0.3 is 35.1 Å². The summed E-state index contributed by atoms with van der Waals surface area (Å²) in [6.45, 7) is 0.0602. The monoisotopic (exact) mass is 570 g/mol. The number of rotatable bonds is 9. The Kier molecular flexibility index (Phi) is 7.57. The van der Waals surface area contributed by atoms with E-state index in [1.165, 1.54) is 26.9 Å². The minimum atomic E-state index is -1.21. The number of anilines is 1. The van der Waals surface area contributed by atoms with Crippen LogP contribution in [-0.4, -0.2) is 74.7 Å². The molecule has 4 N–H and O–H groups in total. The second kappa shape index (κ2) is 11.6. The molecule has 1 amide bonds. The number of nitrogens with one attached hydrogen (secondary N) is 2. The molecule has 0 saturated carbocycles. The summed E-state index contributed by atoms with van der Waals surface area (Å²) in [5.41, 5.74) is 2.29. The topological polar surface area (TPSA) is 153 Å². The summed E-state index contributed by atoms with van der Waals surface area (Å²) in [4.78, 5) is 26.7. The van der Waals surface area contributed by atoms with E-state index in [9.17, 15) is 15.0 Å². The van der Waals surface area contributed by atoms with Crippen molar-refractivity contribution < 1.29 is 29.2 Å². The number of benzene rings is 3. The SMILES string of the molecule is COc1cc(OC)cc(C(=O)NC2[C@H](n3cnc4c(NCc5cccc6ccccc56)ncnc43)O[C@H](CO)[C@H]2O)c1. The van der Waals surface area contributed by atoms with E-state index in [1.807, 2.05) is 18.2 Å². The van der Waals surface area contributed by atoms with E-state index in [0.717, 1.165) is 16.3 Å². The molecule has 12 heteroatoms. The first-order chi connectivity index (χ1) is 20.5. The van der Waals surface area contributed by atoms with Crippen LogP contribution in [-0.2, 0) is 11.3 Å². The molecule has 0 bridgehead atoms. The van der Waals surface area contributed by atoms with Crippen molar-refractivity contribution >= 4 is 33.7 Å². The Morgan fingerprint density at radius 2 is 1.79 bits per heavy atom. The van der Waals surface area contributed by atoms with Gasteiger partial charge >= 0.3 is 0 Å². The van der Waals surface area contributed by atoms with E-state index in [4.69, 9.17) is 14.2 Å². The van der Waals surface area contributed by atoms with Crippen molar-refractivity contribution in [2.45, 2.75) is 31.0 Å². The molecule has 216 valence electrons. The molecule has 1 fully saturated rings. The molecule has 4 atom stereocenters. The van der Waals surface area contributed by atoms with Crippen LogP contribution < -0.4 is 20.1 Å². The third-order valence-corrected chi connectivity index (χ3v) is 7.42. The van der Waals surface area contributed by atoms with Gasteiger partial charge in [0.05, 0.1) is 27.2 Å². The highest BCUT2D eigenvalue weighted by Gasteiger charge is 2.46. The Balaban J connectivity index is 1.28. The summed E-state index contributed by atoms with van der Waals surface area (Å²) < 4.78 is 18.2. The van der Waals surface area contributed by atoms with Crippen molar-refractivity contribution in [3.05, 3.63) is 84.4 Å². The van der Waals surface area contributed by atoms with Crippen molar-refractivity contribution in [3.63, 3.8) is 0 Å². The zero-order valence-corrected chi connectivity index (χ0v) is 23.0. The normalized spacial score (nSPS) is 20.1. The maximum Gasteiger partial charge on any atom is 0.252 e. The summed E-state index contributed by atoms with van der Waals surface area (Å²) >= 11 is 0. The van der Waals surface area contributed by atoms with Crippen molar-refractivity contribution in [2.24, 2.45) is 0 Å². The van der Waals surface area contributed by atoms with Gasteiger partial charge in [0.25, 0.3) is 5.91 Å². The third kappa shape index (κ3) is 5.07. The lowest BCUT2D eigenvalue weighted by molar-refractivity contribution is -0.0440. The lowest BCUT2D eigenvalue weighted by atomic mass is 10.0. The van der Waals surface area contributed by atoms with E-state index >= 15 is 0 Å². The Morgan fingerprint density at radius 1 is 1.02 bits per heavy atom. The highest BCUT2D eigenvalue weighted by molar-refractivity contribution is 5.95. The standard InChI is InChI=1S/C30H30N6O6/c1-40-20-10-19(11-21(12-20)41-2)29(39)35-24-26(38)23(14-37)42-30(24)36-16-34-25-27(32-15-33-28(25)36)31-13-18-8-5-7-17-6-3-4-9-22(17)18/h3-12,15-16,23-24,26,30,37-38H,13-14H2,1-2H3,(H,35,39)(H,31,32,33)/t23-,24?,26-,30-/m1/s1. The lowest BCUT2D eigenvalue weighted by Gasteiger charge is -2.23. The Labute approximate surface area is 240 Å². The van der Waals surface area contributed by atoms with Gasteiger partial charge in [-0.1, -0.05) is 42.5 Å². The number of aromatic nitrogens is 4. The van der Waals surface area contributed by atoms with Gasteiger partial charge in [0.2, 0.25) is 0 Å². The smallest absolute Gasteiger partial charge is 0.252 e. The number of aliphatic hydroxyl groups excluding tert-OH is 2. The highest BCUT2D eigenvalue weighted by atomic mass is 16.5. The highest BCUT2D eigenvalue weighted by Crippen LogP contribution is 2.33. The molecule has 1 aliphatic heterocycles. The van der Waals surface area contributed by atoms with Crippen LogP contribution in [0.3, 0.4) is 0 Å². The molecule has 2 aromatic heterocycles. The number of methoxy groups -OCH3 is 2. The fourth-order valence-electron chi connectivity index (χ4n) is 5.26. The van der Waals surface area contributed by atoms with E-state index in [1.54, 1.807) is 22.8 Å². The van der Waals surface area contributed by atoms with Crippen molar-refractivity contribution in [1.29, 1.82) is 0 Å². The Hall–Kier alpha value is -4.78. The number of carbonyl (C=O) groups excluding carboxylic acids is 1. The van der Waals surface area contributed by atoms with Crippen LogP contribution in [0.5, 0.6) is 11.5 Å². The van der Waals surface area contributed by atoms with Gasteiger partial charge in [-0.15, -0.1) is 0 Å². The molecule has 5 aromatic rings. The van der Waals surface area contributed by atoms with Gasteiger partial charge in [-0.2, -0.15) is 0 Å². The quantitative estimate of drug-likeness (QED) is 0.208. The molecule has 1 aliphatic rings. The van der Waals surface area contributed by atoms with E-state index < -0.39 is 37.0 Å². The van der Waals surface area contributed by atoms with Crippen LogP contribution in [0.1, 0.15) is 22.1 Å². The zero-order chi connectivity index (χ0) is 29.2. The van der Waals surface area contributed by atoms with Crippen LogP contribution in [0, 0.1) is 0 Å². The predicted octanol–water partition coefficient (Wildman–Crippen LogP) is 2.66. The van der Waals surface area contributed by atoms with Crippen LogP contribution in [0.15, 0.2) is 73.3 Å². The number of amides is 1. The average Bonchev–Trinajstić information content (AvgIpc) is 3.60. The van der Waals surface area contributed by atoms with Gasteiger partial charge in [-0.05, 0) is 28.5 Å². The summed E-state index contributed by atoms with van der Waals surface area (Å²) in [6.07, 6.45) is -0.132. The molecule has 6 rings (SSSR count). The molecule has 1 unspecified atom stereocenters. The molecular formula is C30H30N6O6. The van der Waals surface area contributed by atoms with Gasteiger partial charge in [0.15, 0.2) is 23.2 Å². The number of ether oxygens (including phenoxy) is 3. The van der Waals surface area contributed by atoms with Crippen molar-refractivity contribution in [3.8, 4) is 11.5 Å². The number of imidazole rings is 1. The molecule has 3 heterocycles. The fourth-order valence-corrected chi connectivity index (χ4v) is 5.26. The molecule has 3 aromatic carbocycles. The van der Waals surface area contributed by atoms with Crippen LogP contribution in [0.2, 0.25) is 0 Å². The summed E-state index contributed by atoms with van der Waals surface area (Å²) in [7, 11) is 2.98. The molecule has 0 aliphatic carbocycles. The first-order valence-electron chi connectivity index (χ1n) is 13.4. The van der Waals surface area contributed by atoms with Crippen LogP contribution >= 0.6 is 0 Å². The van der Waals surface area contributed by atoms with E-state index in [2.05, 4.69) is 49.9 Å². The second-order valence-electron chi connectivity index (χ2n) is 9.88. The molecule has 1 saturated heterocycles. The Bertz CT molecular complexity index is 1720. The molecule has 0 radical (unpaired) electrons. The minimum Gasteiger partial charge on any atom is -0.497 e. The maximum atomic E-state index is 13.3. The van der Waals surface area contributed by atoms with Crippen molar-refractivity contribution in [1.82, 2.24) is 24.8 Å². The summed E-state index contributed by atoms with van der Waals surface area (Å²) in [5, 5.41) is 29.4. The van der Waals surface area contributed by atoms with Crippen molar-refractivity contribution in [2.75, 3.05) is 26.1 Å². The molecular weight excluding hydrogens is 540 g/mol. The number of hydrogen-bond donors (Lipinski definition) is 4.